The summed E-state index contributed by atoms with van der Waals surface area (Å²) < 4.78 is 1.42. The first kappa shape index (κ1) is 10.3. The van der Waals surface area contributed by atoms with Gasteiger partial charge < -0.3 is 11.1 Å². The first-order chi connectivity index (χ1) is 6.19. The van der Waals surface area contributed by atoms with Crippen LogP contribution in [0.4, 0.5) is 5.95 Å². The molecule has 0 aromatic carbocycles. The van der Waals surface area contributed by atoms with E-state index in [0.717, 1.165) is 6.54 Å². The molecule has 1 rings (SSSR count). The van der Waals surface area contributed by atoms with Gasteiger partial charge in [-0.25, -0.2) is 0 Å². The van der Waals surface area contributed by atoms with Crippen molar-refractivity contribution >= 4 is 35.0 Å². The van der Waals surface area contributed by atoms with Crippen LogP contribution in [0, 0.1) is 0 Å². The molecule has 0 unspecified atom stereocenters. The van der Waals surface area contributed by atoms with Gasteiger partial charge in [0.15, 0.2) is 5.11 Å². The molecule has 0 atom stereocenters. The number of nitrogens with two attached hydrogens (primary N) is 1. The molecule has 0 aliphatic carbocycles. The zero-order valence-electron chi connectivity index (χ0n) is 7.44. The number of nitrogens with zero attached hydrogens (tertiary/aromatic N) is 3. The van der Waals surface area contributed by atoms with E-state index in [1.807, 2.05) is 13.2 Å². The number of rotatable bonds is 2. The highest BCUT2D eigenvalue weighted by molar-refractivity contribution is 7.98. The van der Waals surface area contributed by atoms with Crippen LogP contribution in [0.3, 0.4) is 0 Å². The van der Waals surface area contributed by atoms with Crippen molar-refractivity contribution in [1.82, 2.24) is 20.1 Å². The predicted molar refractivity (Wildman–Crippen MR) is 57.9 cm³/mol. The van der Waals surface area contributed by atoms with Crippen molar-refractivity contribution in [3.63, 3.8) is 0 Å². The lowest BCUT2D eigenvalue weighted by Gasteiger charge is -2.04. The van der Waals surface area contributed by atoms with Crippen LogP contribution in [0.2, 0.25) is 0 Å². The summed E-state index contributed by atoms with van der Waals surface area (Å²) in [6.45, 7) is 2.70. The zero-order valence-corrected chi connectivity index (χ0v) is 9.08. The second kappa shape index (κ2) is 4.43. The van der Waals surface area contributed by atoms with Gasteiger partial charge in [0.2, 0.25) is 11.1 Å². The molecule has 1 heterocycles. The second-order valence-corrected chi connectivity index (χ2v) is 3.36. The third kappa shape index (κ3) is 2.31. The molecule has 3 N–H and O–H groups in total. The summed E-state index contributed by atoms with van der Waals surface area (Å²) in [5.74, 6) is 0.315. The number of anilines is 1. The summed E-state index contributed by atoms with van der Waals surface area (Å²) in [6, 6.07) is 0. The van der Waals surface area contributed by atoms with Gasteiger partial charge in [0.1, 0.15) is 0 Å². The summed E-state index contributed by atoms with van der Waals surface area (Å²) in [6.07, 6.45) is 1.88. The lowest BCUT2D eigenvalue weighted by atomic mass is 10.7. The molecule has 13 heavy (non-hydrogen) atoms. The summed E-state index contributed by atoms with van der Waals surface area (Å²) in [5.41, 5.74) is 5.60. The monoisotopic (exact) mass is 217 g/mol. The van der Waals surface area contributed by atoms with Gasteiger partial charge >= 0.3 is 0 Å². The molecule has 0 fully saturated rings. The van der Waals surface area contributed by atoms with E-state index < -0.39 is 0 Å². The van der Waals surface area contributed by atoms with Crippen molar-refractivity contribution in [1.29, 1.82) is 0 Å². The standard InChI is InChI=1S/C6H11N5S2/c1-3-8-6(12)11-4(7)9-5(10-11)13-2/h3H2,1-2H3,(H,8,12)(H2,7,9,10). The molecule has 1 aromatic rings. The Balaban J connectivity index is 2.87. The van der Waals surface area contributed by atoms with Crippen LogP contribution < -0.4 is 11.1 Å². The molecule has 0 aliphatic heterocycles. The Kier molecular flexibility index (Phi) is 3.49. The molecule has 0 aliphatic rings. The van der Waals surface area contributed by atoms with Crippen molar-refractivity contribution in [3.05, 3.63) is 0 Å². The van der Waals surface area contributed by atoms with E-state index in [0.29, 0.717) is 16.2 Å². The second-order valence-electron chi connectivity index (χ2n) is 2.20. The highest BCUT2D eigenvalue weighted by Crippen LogP contribution is 2.10. The van der Waals surface area contributed by atoms with Crippen LogP contribution in [-0.4, -0.2) is 32.7 Å². The number of thioether (sulfide) groups is 1. The molecule has 0 amide bonds. The van der Waals surface area contributed by atoms with Crippen molar-refractivity contribution in [2.45, 2.75) is 12.1 Å². The predicted octanol–water partition coefficient (Wildman–Crippen LogP) is 0.325. The van der Waals surface area contributed by atoms with Crippen LogP contribution in [0.25, 0.3) is 0 Å². The highest BCUT2D eigenvalue weighted by Gasteiger charge is 2.08. The molecule has 5 nitrogen and oxygen atoms in total. The van der Waals surface area contributed by atoms with Gasteiger partial charge in [-0.1, -0.05) is 11.8 Å². The third-order valence-electron chi connectivity index (χ3n) is 1.32. The van der Waals surface area contributed by atoms with Crippen molar-refractivity contribution in [3.8, 4) is 0 Å². The van der Waals surface area contributed by atoms with Gasteiger partial charge in [0, 0.05) is 6.54 Å². The summed E-state index contributed by atoms with van der Waals surface area (Å²) in [7, 11) is 0. The Morgan fingerprint density at radius 3 is 2.92 bits per heavy atom. The molecule has 0 saturated carbocycles. The fraction of sp³-hybridized carbons (Fsp3) is 0.500. The average molecular weight is 217 g/mol. The van der Waals surface area contributed by atoms with E-state index in [-0.39, 0.29) is 0 Å². The van der Waals surface area contributed by atoms with Gasteiger partial charge in [0.25, 0.3) is 0 Å². The van der Waals surface area contributed by atoms with E-state index >= 15 is 0 Å². The Morgan fingerprint density at radius 2 is 2.46 bits per heavy atom. The molecule has 0 spiro atoms. The minimum Gasteiger partial charge on any atom is -0.368 e. The molecule has 7 heteroatoms. The average Bonchev–Trinajstić information content (AvgIpc) is 2.47. The molecule has 0 radical (unpaired) electrons. The van der Waals surface area contributed by atoms with Crippen LogP contribution in [0.5, 0.6) is 0 Å². The number of hydrogen-bond acceptors (Lipinski definition) is 5. The van der Waals surface area contributed by atoms with E-state index in [1.165, 1.54) is 16.4 Å². The molecule has 72 valence electrons. The van der Waals surface area contributed by atoms with Gasteiger partial charge in [-0.2, -0.15) is 9.67 Å². The van der Waals surface area contributed by atoms with Crippen LogP contribution in [0.15, 0.2) is 5.16 Å². The first-order valence-electron chi connectivity index (χ1n) is 3.73. The molecular weight excluding hydrogens is 206 g/mol. The Labute approximate surface area is 86.1 Å². The largest absolute Gasteiger partial charge is 0.368 e. The maximum atomic E-state index is 5.60. The fourth-order valence-electron chi connectivity index (χ4n) is 0.767. The number of thiocarbonyl (C=S) groups is 1. The maximum Gasteiger partial charge on any atom is 0.226 e. The van der Waals surface area contributed by atoms with Crippen LogP contribution >= 0.6 is 24.0 Å². The minimum absolute atomic E-state index is 0.315. The Morgan fingerprint density at radius 1 is 1.77 bits per heavy atom. The summed E-state index contributed by atoms with van der Waals surface area (Å²) >= 11 is 6.46. The van der Waals surface area contributed by atoms with Crippen LogP contribution in [-0.2, 0) is 0 Å². The van der Waals surface area contributed by atoms with Crippen LogP contribution in [0.1, 0.15) is 6.92 Å². The quantitative estimate of drug-likeness (QED) is 0.549. The Bertz CT molecular complexity index is 308. The third-order valence-corrected chi connectivity index (χ3v) is 2.17. The minimum atomic E-state index is 0.315. The highest BCUT2D eigenvalue weighted by atomic mass is 32.2. The number of nitrogen functional groups attached to an aromatic ring is 1. The fourth-order valence-corrected chi connectivity index (χ4v) is 1.39. The molecular formula is C6H11N5S2. The lowest BCUT2D eigenvalue weighted by Crippen LogP contribution is -2.29. The van der Waals surface area contributed by atoms with Crippen molar-refractivity contribution < 1.29 is 0 Å². The number of nitrogens with one attached hydrogen (secondary N) is 1. The van der Waals surface area contributed by atoms with Gasteiger partial charge in [-0.3, -0.25) is 0 Å². The molecule has 0 saturated heterocycles. The maximum absolute atomic E-state index is 5.60. The van der Waals surface area contributed by atoms with Gasteiger partial charge in [0.05, 0.1) is 0 Å². The summed E-state index contributed by atoms with van der Waals surface area (Å²) in [4.78, 5) is 4.00. The van der Waals surface area contributed by atoms with Gasteiger partial charge in [-0.05, 0) is 25.4 Å². The molecule has 0 bridgehead atoms. The molecule has 1 aromatic heterocycles. The van der Waals surface area contributed by atoms with E-state index in [2.05, 4.69) is 15.4 Å². The number of hydrogen-bond donors (Lipinski definition) is 2. The SMILES string of the molecule is CCNC(=S)n1nc(SC)nc1N. The normalized spacial score (nSPS) is 10.0. The number of aromatic nitrogens is 3. The Hall–Kier alpha value is -0.820. The summed E-state index contributed by atoms with van der Waals surface area (Å²) in [5, 5.41) is 8.13. The zero-order chi connectivity index (χ0) is 9.84. The van der Waals surface area contributed by atoms with E-state index in [1.54, 1.807) is 0 Å². The lowest BCUT2D eigenvalue weighted by molar-refractivity contribution is 0.836. The first-order valence-corrected chi connectivity index (χ1v) is 5.37. The van der Waals surface area contributed by atoms with Gasteiger partial charge in [-0.15, -0.1) is 5.10 Å². The van der Waals surface area contributed by atoms with Crippen molar-refractivity contribution in [2.75, 3.05) is 18.5 Å². The van der Waals surface area contributed by atoms with E-state index in [9.17, 15) is 0 Å². The van der Waals surface area contributed by atoms with Crippen molar-refractivity contribution in [2.24, 2.45) is 0 Å². The smallest absolute Gasteiger partial charge is 0.226 e. The topological polar surface area (TPSA) is 68.8 Å². The van der Waals surface area contributed by atoms with E-state index in [4.69, 9.17) is 18.0 Å².